The Bertz CT molecular complexity index is 697. The fraction of sp³-hybridized carbons (Fsp3) is 0.368. The molecule has 1 aromatic heterocycles. The highest BCUT2D eigenvalue weighted by molar-refractivity contribution is 5.80. The number of hydrogen-bond donors (Lipinski definition) is 2. The van der Waals surface area contributed by atoms with Crippen molar-refractivity contribution in [2.24, 2.45) is 0 Å². The standard InChI is InChI=1S/C19H22N2O3/c1-19(12-10-17(23)21-19)11-9-16(22)20-18(15-8-5-13-24-15)14-6-3-2-4-7-14/h2-8,13,18H,9-12H2,1H3,(H,20,22)(H,21,23). The molecule has 1 saturated heterocycles. The molecule has 1 aliphatic heterocycles. The van der Waals surface area contributed by atoms with E-state index in [-0.39, 0.29) is 23.4 Å². The van der Waals surface area contributed by atoms with E-state index in [0.717, 1.165) is 12.0 Å². The van der Waals surface area contributed by atoms with Crippen LogP contribution in [0.2, 0.25) is 0 Å². The summed E-state index contributed by atoms with van der Waals surface area (Å²) in [6, 6.07) is 13.1. The van der Waals surface area contributed by atoms with Crippen molar-refractivity contribution in [3.8, 4) is 0 Å². The van der Waals surface area contributed by atoms with Crippen molar-refractivity contribution in [3.63, 3.8) is 0 Å². The van der Waals surface area contributed by atoms with Gasteiger partial charge in [-0.05, 0) is 37.5 Å². The highest BCUT2D eigenvalue weighted by Crippen LogP contribution is 2.26. The minimum absolute atomic E-state index is 0.0531. The quantitative estimate of drug-likeness (QED) is 0.857. The molecule has 24 heavy (non-hydrogen) atoms. The van der Waals surface area contributed by atoms with Crippen LogP contribution in [0, 0.1) is 0 Å². The number of rotatable bonds is 6. The Morgan fingerprint density at radius 1 is 1.29 bits per heavy atom. The van der Waals surface area contributed by atoms with E-state index >= 15 is 0 Å². The molecule has 1 fully saturated rings. The van der Waals surface area contributed by atoms with Gasteiger partial charge in [-0.25, -0.2) is 0 Å². The molecule has 2 N–H and O–H groups in total. The highest BCUT2D eigenvalue weighted by Gasteiger charge is 2.33. The molecule has 3 rings (SSSR count). The lowest BCUT2D eigenvalue weighted by Crippen LogP contribution is -2.40. The Labute approximate surface area is 141 Å². The van der Waals surface area contributed by atoms with E-state index in [1.807, 2.05) is 49.4 Å². The van der Waals surface area contributed by atoms with Gasteiger partial charge in [0.1, 0.15) is 11.8 Å². The molecule has 0 radical (unpaired) electrons. The average Bonchev–Trinajstić information content (AvgIpc) is 3.22. The molecular weight excluding hydrogens is 304 g/mol. The minimum Gasteiger partial charge on any atom is -0.467 e. The highest BCUT2D eigenvalue weighted by atomic mass is 16.3. The zero-order valence-corrected chi connectivity index (χ0v) is 13.7. The second-order valence-electron chi connectivity index (χ2n) is 6.54. The van der Waals surface area contributed by atoms with Crippen molar-refractivity contribution in [1.29, 1.82) is 0 Å². The molecule has 2 unspecified atom stereocenters. The summed E-state index contributed by atoms with van der Waals surface area (Å²) in [7, 11) is 0. The first kappa shape index (κ1) is 16.3. The number of benzene rings is 1. The van der Waals surface area contributed by atoms with Crippen LogP contribution in [-0.2, 0) is 9.59 Å². The van der Waals surface area contributed by atoms with Crippen molar-refractivity contribution in [2.75, 3.05) is 0 Å². The van der Waals surface area contributed by atoms with E-state index in [4.69, 9.17) is 4.42 Å². The second-order valence-corrected chi connectivity index (χ2v) is 6.54. The van der Waals surface area contributed by atoms with Gasteiger partial charge in [0.05, 0.1) is 6.26 Å². The molecular formula is C19H22N2O3. The SMILES string of the molecule is CC1(CCC(=O)NC(c2ccccc2)c2ccco2)CCC(=O)N1. The summed E-state index contributed by atoms with van der Waals surface area (Å²) in [5, 5.41) is 6.00. The lowest BCUT2D eigenvalue weighted by Gasteiger charge is -2.24. The zero-order valence-electron chi connectivity index (χ0n) is 13.7. The van der Waals surface area contributed by atoms with E-state index in [9.17, 15) is 9.59 Å². The molecule has 5 heteroatoms. The predicted molar refractivity (Wildman–Crippen MR) is 90.2 cm³/mol. The van der Waals surface area contributed by atoms with Crippen LogP contribution in [0.1, 0.15) is 50.0 Å². The third-order valence-corrected chi connectivity index (χ3v) is 4.51. The molecule has 2 heterocycles. The third kappa shape index (κ3) is 3.85. The molecule has 2 aromatic rings. The maximum atomic E-state index is 12.4. The normalized spacial score (nSPS) is 21.3. The molecule has 2 atom stereocenters. The van der Waals surface area contributed by atoms with Gasteiger partial charge in [-0.3, -0.25) is 9.59 Å². The van der Waals surface area contributed by atoms with Gasteiger partial charge in [0.2, 0.25) is 11.8 Å². The lowest BCUT2D eigenvalue weighted by atomic mass is 9.94. The maximum Gasteiger partial charge on any atom is 0.220 e. The summed E-state index contributed by atoms with van der Waals surface area (Å²) in [6.07, 6.45) is 3.91. The number of hydrogen-bond acceptors (Lipinski definition) is 3. The van der Waals surface area contributed by atoms with Crippen LogP contribution in [-0.4, -0.2) is 17.4 Å². The van der Waals surface area contributed by atoms with Gasteiger partial charge in [0, 0.05) is 18.4 Å². The maximum absolute atomic E-state index is 12.4. The van der Waals surface area contributed by atoms with Crippen LogP contribution < -0.4 is 10.6 Å². The average molecular weight is 326 g/mol. The van der Waals surface area contributed by atoms with E-state index in [1.165, 1.54) is 0 Å². The molecule has 126 valence electrons. The molecule has 0 spiro atoms. The van der Waals surface area contributed by atoms with Crippen molar-refractivity contribution in [1.82, 2.24) is 10.6 Å². The minimum atomic E-state index is -0.306. The number of furan rings is 1. The Kier molecular flexibility index (Phi) is 4.69. The van der Waals surface area contributed by atoms with Crippen molar-refractivity contribution < 1.29 is 14.0 Å². The molecule has 1 aliphatic rings. The number of carbonyl (C=O) groups excluding carboxylic acids is 2. The molecule has 5 nitrogen and oxygen atoms in total. The monoisotopic (exact) mass is 326 g/mol. The van der Waals surface area contributed by atoms with E-state index in [0.29, 0.717) is 25.0 Å². The summed E-state index contributed by atoms with van der Waals surface area (Å²) in [5.41, 5.74) is 0.697. The Balaban J connectivity index is 1.65. The van der Waals surface area contributed by atoms with Crippen molar-refractivity contribution in [3.05, 3.63) is 60.1 Å². The first-order valence-corrected chi connectivity index (χ1v) is 8.24. The Morgan fingerprint density at radius 2 is 2.08 bits per heavy atom. The summed E-state index contributed by atoms with van der Waals surface area (Å²) >= 11 is 0. The number of nitrogens with one attached hydrogen (secondary N) is 2. The number of carbonyl (C=O) groups is 2. The fourth-order valence-corrected chi connectivity index (χ4v) is 3.08. The van der Waals surface area contributed by atoms with E-state index in [1.54, 1.807) is 6.26 Å². The van der Waals surface area contributed by atoms with Gasteiger partial charge >= 0.3 is 0 Å². The molecule has 0 saturated carbocycles. The van der Waals surface area contributed by atoms with Gasteiger partial charge in [0.15, 0.2) is 0 Å². The zero-order chi connectivity index (χ0) is 17.0. The van der Waals surface area contributed by atoms with Crippen LogP contribution >= 0.6 is 0 Å². The lowest BCUT2D eigenvalue weighted by molar-refractivity contribution is -0.123. The van der Waals surface area contributed by atoms with Crippen LogP contribution in [0.5, 0.6) is 0 Å². The van der Waals surface area contributed by atoms with Gasteiger partial charge in [-0.15, -0.1) is 0 Å². The second kappa shape index (κ2) is 6.91. The summed E-state index contributed by atoms with van der Waals surface area (Å²) in [4.78, 5) is 23.8. The summed E-state index contributed by atoms with van der Waals surface area (Å²) in [5.74, 6) is 0.716. The van der Waals surface area contributed by atoms with Gasteiger partial charge in [0.25, 0.3) is 0 Å². The topological polar surface area (TPSA) is 71.3 Å². The van der Waals surface area contributed by atoms with Gasteiger partial charge in [-0.1, -0.05) is 30.3 Å². The Morgan fingerprint density at radius 3 is 2.71 bits per heavy atom. The summed E-state index contributed by atoms with van der Waals surface area (Å²) < 4.78 is 5.49. The predicted octanol–water partition coefficient (Wildman–Crippen LogP) is 2.93. The van der Waals surface area contributed by atoms with Crippen molar-refractivity contribution in [2.45, 2.75) is 44.2 Å². The molecule has 1 aromatic carbocycles. The number of amides is 2. The fourth-order valence-electron chi connectivity index (χ4n) is 3.08. The first-order chi connectivity index (χ1) is 11.6. The largest absolute Gasteiger partial charge is 0.467 e. The van der Waals surface area contributed by atoms with Crippen molar-refractivity contribution >= 4 is 11.8 Å². The summed E-state index contributed by atoms with van der Waals surface area (Å²) in [6.45, 7) is 1.99. The van der Waals surface area contributed by atoms with Crippen LogP contribution in [0.3, 0.4) is 0 Å². The smallest absolute Gasteiger partial charge is 0.220 e. The van der Waals surface area contributed by atoms with E-state index in [2.05, 4.69) is 10.6 Å². The van der Waals surface area contributed by atoms with Crippen LogP contribution in [0.25, 0.3) is 0 Å². The molecule has 0 bridgehead atoms. The Hall–Kier alpha value is -2.56. The third-order valence-electron chi connectivity index (χ3n) is 4.51. The molecule has 2 amide bonds. The van der Waals surface area contributed by atoms with Gasteiger partial charge < -0.3 is 15.1 Å². The molecule has 0 aliphatic carbocycles. The first-order valence-electron chi connectivity index (χ1n) is 8.24. The van der Waals surface area contributed by atoms with E-state index < -0.39 is 0 Å². The van der Waals surface area contributed by atoms with Gasteiger partial charge in [-0.2, -0.15) is 0 Å². The van der Waals surface area contributed by atoms with Crippen LogP contribution in [0.4, 0.5) is 0 Å². The van der Waals surface area contributed by atoms with Crippen LogP contribution in [0.15, 0.2) is 53.1 Å².